The molecule has 1 heterocycles. The quantitative estimate of drug-likeness (QED) is 0.749. The predicted molar refractivity (Wildman–Crippen MR) is 82.9 cm³/mol. The van der Waals surface area contributed by atoms with Gasteiger partial charge in [-0.05, 0) is 36.8 Å². The van der Waals surface area contributed by atoms with E-state index in [9.17, 15) is 4.79 Å². The summed E-state index contributed by atoms with van der Waals surface area (Å²) in [5.41, 5.74) is 2.47. The monoisotopic (exact) mass is 329 g/mol. The number of amides is 1. The molecular weight excluding hydrogens is 318 g/mol. The first-order valence-corrected chi connectivity index (χ1v) is 6.95. The molecule has 0 atom stereocenters. The first-order valence-electron chi connectivity index (χ1n) is 6.16. The van der Waals surface area contributed by atoms with Gasteiger partial charge in [0.05, 0.1) is 5.52 Å². The molecule has 0 aliphatic rings. The van der Waals surface area contributed by atoms with E-state index < -0.39 is 0 Å². The van der Waals surface area contributed by atoms with Gasteiger partial charge in [-0.3, -0.25) is 9.89 Å². The van der Waals surface area contributed by atoms with Crippen molar-refractivity contribution in [2.24, 2.45) is 0 Å². The Hall–Kier alpha value is -2.14. The highest BCUT2D eigenvalue weighted by atomic mass is 79.9. The molecule has 2 N–H and O–H groups in total. The van der Waals surface area contributed by atoms with E-state index in [0.717, 1.165) is 20.9 Å². The topological polar surface area (TPSA) is 57.8 Å². The maximum absolute atomic E-state index is 12.3. The number of anilines is 1. The van der Waals surface area contributed by atoms with Crippen LogP contribution in [0.3, 0.4) is 0 Å². The number of benzene rings is 2. The number of carbonyl (C=O) groups is 1. The summed E-state index contributed by atoms with van der Waals surface area (Å²) in [6.45, 7) is 1.91. The van der Waals surface area contributed by atoms with Crippen LogP contribution in [-0.2, 0) is 0 Å². The molecule has 20 heavy (non-hydrogen) atoms. The van der Waals surface area contributed by atoms with Gasteiger partial charge in [-0.25, -0.2) is 0 Å². The summed E-state index contributed by atoms with van der Waals surface area (Å²) in [7, 11) is 0. The molecule has 0 aliphatic heterocycles. The van der Waals surface area contributed by atoms with Crippen LogP contribution in [0.5, 0.6) is 0 Å². The van der Waals surface area contributed by atoms with Crippen LogP contribution in [0.1, 0.15) is 15.9 Å². The van der Waals surface area contributed by atoms with Crippen LogP contribution in [0.4, 0.5) is 5.82 Å². The van der Waals surface area contributed by atoms with Gasteiger partial charge < -0.3 is 5.32 Å². The fourth-order valence-corrected chi connectivity index (χ4v) is 2.45. The van der Waals surface area contributed by atoms with Crippen molar-refractivity contribution in [3.63, 3.8) is 0 Å². The molecular formula is C15H12BrN3O. The van der Waals surface area contributed by atoms with Crippen molar-refractivity contribution < 1.29 is 4.79 Å². The van der Waals surface area contributed by atoms with Crippen molar-refractivity contribution in [2.45, 2.75) is 6.92 Å². The summed E-state index contributed by atoms with van der Waals surface area (Å²) >= 11 is 3.40. The minimum atomic E-state index is -0.153. The van der Waals surface area contributed by atoms with Crippen molar-refractivity contribution >= 4 is 38.6 Å². The fraction of sp³-hybridized carbons (Fsp3) is 0.0667. The molecule has 0 unspecified atom stereocenters. The Kier molecular flexibility index (Phi) is 3.28. The number of aromatic nitrogens is 2. The molecule has 2 aromatic carbocycles. The average molecular weight is 330 g/mol. The lowest BCUT2D eigenvalue weighted by Gasteiger charge is -2.05. The van der Waals surface area contributed by atoms with Crippen LogP contribution < -0.4 is 5.32 Å². The summed E-state index contributed by atoms with van der Waals surface area (Å²) in [6.07, 6.45) is 0. The third kappa shape index (κ3) is 2.32. The summed E-state index contributed by atoms with van der Waals surface area (Å²) in [5.74, 6) is 0.389. The Labute approximate surface area is 124 Å². The third-order valence-corrected chi connectivity index (χ3v) is 3.64. The number of aryl methyl sites for hydroxylation is 1. The normalized spacial score (nSPS) is 10.7. The van der Waals surface area contributed by atoms with Crippen LogP contribution in [0.2, 0.25) is 0 Å². The van der Waals surface area contributed by atoms with E-state index in [2.05, 4.69) is 31.4 Å². The van der Waals surface area contributed by atoms with Crippen molar-refractivity contribution in [1.29, 1.82) is 0 Å². The molecule has 3 aromatic rings. The van der Waals surface area contributed by atoms with E-state index in [-0.39, 0.29) is 5.91 Å². The van der Waals surface area contributed by atoms with E-state index in [1.165, 1.54) is 0 Å². The molecule has 0 saturated heterocycles. The van der Waals surface area contributed by atoms with Gasteiger partial charge in [0.15, 0.2) is 5.82 Å². The molecule has 3 rings (SSSR count). The molecule has 1 aromatic heterocycles. The third-order valence-electron chi connectivity index (χ3n) is 3.15. The predicted octanol–water partition coefficient (Wildman–Crippen LogP) is 3.89. The summed E-state index contributed by atoms with van der Waals surface area (Å²) in [4.78, 5) is 12.3. The van der Waals surface area contributed by atoms with E-state index in [4.69, 9.17) is 0 Å². The minimum Gasteiger partial charge on any atom is -0.305 e. The van der Waals surface area contributed by atoms with Gasteiger partial charge in [-0.1, -0.05) is 34.1 Å². The number of hydrogen-bond donors (Lipinski definition) is 2. The van der Waals surface area contributed by atoms with Gasteiger partial charge in [0.2, 0.25) is 0 Å². The fourth-order valence-electron chi connectivity index (χ4n) is 2.09. The number of rotatable bonds is 2. The van der Waals surface area contributed by atoms with Crippen LogP contribution in [0.15, 0.2) is 46.9 Å². The largest absolute Gasteiger partial charge is 0.305 e. The second-order valence-electron chi connectivity index (χ2n) is 4.53. The first kappa shape index (κ1) is 12.9. The van der Waals surface area contributed by atoms with Crippen LogP contribution >= 0.6 is 15.9 Å². The SMILES string of the molecule is Cc1ccccc1C(=O)Nc1n[nH]c2cc(Br)ccc12. The number of H-pyrrole nitrogens is 1. The number of nitrogens with zero attached hydrogens (tertiary/aromatic N) is 1. The number of carbonyl (C=O) groups excluding carboxylic acids is 1. The maximum Gasteiger partial charge on any atom is 0.257 e. The van der Waals surface area contributed by atoms with Crippen molar-refractivity contribution in [3.05, 3.63) is 58.1 Å². The molecule has 0 saturated carbocycles. The number of hydrogen-bond acceptors (Lipinski definition) is 2. The Balaban J connectivity index is 1.94. The summed E-state index contributed by atoms with van der Waals surface area (Å²) < 4.78 is 0.963. The average Bonchev–Trinajstić information content (AvgIpc) is 2.81. The highest BCUT2D eigenvalue weighted by Gasteiger charge is 2.12. The Bertz CT molecular complexity index is 795. The molecule has 5 heteroatoms. The first-order chi connectivity index (χ1) is 9.65. The van der Waals surface area contributed by atoms with Gasteiger partial charge in [0.25, 0.3) is 5.91 Å². The molecule has 100 valence electrons. The molecule has 0 spiro atoms. The minimum absolute atomic E-state index is 0.153. The standard InChI is InChI=1S/C15H12BrN3O/c1-9-4-2-3-5-11(9)15(20)17-14-12-7-6-10(16)8-13(12)18-19-14/h2-8H,1H3,(H2,17,18,19,20). The van der Waals surface area contributed by atoms with Crippen LogP contribution in [0, 0.1) is 6.92 Å². The molecule has 0 radical (unpaired) electrons. The van der Waals surface area contributed by atoms with E-state index >= 15 is 0 Å². The summed E-state index contributed by atoms with van der Waals surface area (Å²) in [5, 5.41) is 10.8. The Morgan fingerprint density at radius 2 is 2.05 bits per heavy atom. The number of fused-ring (bicyclic) bond motifs is 1. The van der Waals surface area contributed by atoms with Gasteiger partial charge in [0, 0.05) is 15.4 Å². The van der Waals surface area contributed by atoms with Crippen molar-refractivity contribution in [1.82, 2.24) is 10.2 Å². The Morgan fingerprint density at radius 1 is 1.25 bits per heavy atom. The molecule has 0 aliphatic carbocycles. The molecule has 0 bridgehead atoms. The zero-order valence-corrected chi connectivity index (χ0v) is 12.4. The zero-order chi connectivity index (χ0) is 14.1. The van der Waals surface area contributed by atoms with Gasteiger partial charge in [-0.15, -0.1) is 0 Å². The van der Waals surface area contributed by atoms with Crippen molar-refractivity contribution in [2.75, 3.05) is 5.32 Å². The maximum atomic E-state index is 12.3. The molecule has 0 fully saturated rings. The second kappa shape index (κ2) is 5.09. The van der Waals surface area contributed by atoms with Crippen LogP contribution in [-0.4, -0.2) is 16.1 Å². The van der Waals surface area contributed by atoms with Gasteiger partial charge in [0.1, 0.15) is 0 Å². The Morgan fingerprint density at radius 3 is 2.85 bits per heavy atom. The lowest BCUT2D eigenvalue weighted by molar-refractivity contribution is 0.102. The van der Waals surface area contributed by atoms with E-state index in [1.807, 2.05) is 43.3 Å². The highest BCUT2D eigenvalue weighted by molar-refractivity contribution is 9.10. The molecule has 1 amide bonds. The number of aromatic amines is 1. The number of nitrogens with one attached hydrogen (secondary N) is 2. The summed E-state index contributed by atoms with van der Waals surface area (Å²) in [6, 6.07) is 13.2. The van der Waals surface area contributed by atoms with Gasteiger partial charge in [-0.2, -0.15) is 5.10 Å². The lowest BCUT2D eigenvalue weighted by atomic mass is 10.1. The lowest BCUT2D eigenvalue weighted by Crippen LogP contribution is -2.13. The second-order valence-corrected chi connectivity index (χ2v) is 5.45. The van der Waals surface area contributed by atoms with Crippen molar-refractivity contribution in [3.8, 4) is 0 Å². The van der Waals surface area contributed by atoms with Gasteiger partial charge >= 0.3 is 0 Å². The van der Waals surface area contributed by atoms with Crippen LogP contribution in [0.25, 0.3) is 10.9 Å². The highest BCUT2D eigenvalue weighted by Crippen LogP contribution is 2.24. The van der Waals surface area contributed by atoms with E-state index in [1.54, 1.807) is 6.07 Å². The smallest absolute Gasteiger partial charge is 0.257 e. The molecule has 4 nitrogen and oxygen atoms in total. The van der Waals surface area contributed by atoms with E-state index in [0.29, 0.717) is 11.4 Å². The zero-order valence-electron chi connectivity index (χ0n) is 10.8. The number of halogens is 1.